The van der Waals surface area contributed by atoms with E-state index in [1.165, 1.54) is 0 Å². The second kappa shape index (κ2) is 5.30. The fraction of sp³-hybridized carbons (Fsp3) is 0.231. The molecule has 17 heavy (non-hydrogen) atoms. The number of hydrogen-bond acceptors (Lipinski definition) is 2. The Morgan fingerprint density at radius 1 is 1.41 bits per heavy atom. The number of aryl methyl sites for hydroxylation is 3. The molecule has 2 rings (SSSR count). The van der Waals surface area contributed by atoms with Crippen LogP contribution in [-0.2, 0) is 17.8 Å². The lowest BCUT2D eigenvalue weighted by molar-refractivity contribution is -0.105. The van der Waals surface area contributed by atoms with Crippen LogP contribution in [0.1, 0.15) is 11.3 Å². The van der Waals surface area contributed by atoms with Crippen molar-refractivity contribution < 1.29 is 4.79 Å². The lowest BCUT2D eigenvalue weighted by atomic mass is 10.1. The molecular formula is C13H15N3O. The highest BCUT2D eigenvalue weighted by Crippen LogP contribution is 2.15. The van der Waals surface area contributed by atoms with Gasteiger partial charge in [0.2, 0.25) is 6.41 Å². The normalized spacial score (nSPS) is 10.2. The number of anilines is 1. The lowest BCUT2D eigenvalue weighted by Gasteiger charge is -2.08. The van der Waals surface area contributed by atoms with Gasteiger partial charge in [-0.3, -0.25) is 4.79 Å². The van der Waals surface area contributed by atoms with Crippen LogP contribution >= 0.6 is 0 Å². The van der Waals surface area contributed by atoms with Crippen molar-refractivity contribution in [3.63, 3.8) is 0 Å². The van der Waals surface area contributed by atoms with Crippen LogP contribution < -0.4 is 5.32 Å². The van der Waals surface area contributed by atoms with Crippen LogP contribution in [0, 0.1) is 6.92 Å². The number of aromatic nitrogens is 2. The van der Waals surface area contributed by atoms with Gasteiger partial charge in [0.05, 0.1) is 12.0 Å². The van der Waals surface area contributed by atoms with E-state index >= 15 is 0 Å². The van der Waals surface area contributed by atoms with E-state index in [9.17, 15) is 4.79 Å². The highest BCUT2D eigenvalue weighted by Gasteiger charge is 2.01. The summed E-state index contributed by atoms with van der Waals surface area (Å²) in [6.07, 6.45) is 5.41. The Kier molecular flexibility index (Phi) is 3.55. The van der Waals surface area contributed by atoms with Gasteiger partial charge in [-0.15, -0.1) is 0 Å². The van der Waals surface area contributed by atoms with Gasteiger partial charge < -0.3 is 9.88 Å². The summed E-state index contributed by atoms with van der Waals surface area (Å²) < 4.78 is 2.05. The molecule has 0 saturated carbocycles. The molecule has 4 heteroatoms. The zero-order valence-corrected chi connectivity index (χ0v) is 9.76. The van der Waals surface area contributed by atoms with Crippen molar-refractivity contribution in [1.29, 1.82) is 0 Å². The summed E-state index contributed by atoms with van der Waals surface area (Å²) in [4.78, 5) is 14.7. The van der Waals surface area contributed by atoms with Crippen LogP contribution in [0.25, 0.3) is 0 Å². The molecular weight excluding hydrogens is 214 g/mol. The molecule has 88 valence electrons. The van der Waals surface area contributed by atoms with Gasteiger partial charge in [-0.2, -0.15) is 0 Å². The molecule has 1 heterocycles. The molecule has 0 atom stereocenters. The van der Waals surface area contributed by atoms with E-state index in [2.05, 4.69) is 10.3 Å². The summed E-state index contributed by atoms with van der Waals surface area (Å²) in [5.74, 6) is 0. The van der Waals surface area contributed by atoms with Gasteiger partial charge in [0, 0.05) is 18.4 Å². The molecule has 1 amide bonds. The molecule has 1 aromatic heterocycles. The smallest absolute Gasteiger partial charge is 0.211 e. The number of amides is 1. The number of hydrogen-bond donors (Lipinski definition) is 1. The van der Waals surface area contributed by atoms with E-state index in [0.29, 0.717) is 6.41 Å². The molecule has 0 bridgehead atoms. The first-order valence-electron chi connectivity index (χ1n) is 5.56. The van der Waals surface area contributed by atoms with Crippen LogP contribution in [0.5, 0.6) is 0 Å². The number of para-hydroxylation sites is 1. The Bertz CT molecular complexity index is 505. The molecule has 0 aliphatic rings. The average molecular weight is 229 g/mol. The summed E-state index contributed by atoms with van der Waals surface area (Å²) >= 11 is 0. The van der Waals surface area contributed by atoms with Crippen molar-refractivity contribution in [2.24, 2.45) is 0 Å². The predicted molar refractivity (Wildman–Crippen MR) is 66.8 cm³/mol. The SMILES string of the molecule is Cc1cn(CCc2ccccc2NC=O)cn1. The number of carbonyl (C=O) groups is 1. The first kappa shape index (κ1) is 11.4. The fourth-order valence-corrected chi connectivity index (χ4v) is 1.79. The number of benzene rings is 1. The topological polar surface area (TPSA) is 46.9 Å². The minimum Gasteiger partial charge on any atom is -0.337 e. The molecule has 0 radical (unpaired) electrons. The van der Waals surface area contributed by atoms with Crippen molar-refractivity contribution in [2.75, 3.05) is 5.32 Å². The van der Waals surface area contributed by atoms with Gasteiger partial charge in [0.1, 0.15) is 0 Å². The number of carbonyl (C=O) groups excluding carboxylic acids is 1. The first-order valence-corrected chi connectivity index (χ1v) is 5.56. The Hall–Kier alpha value is -2.10. The van der Waals surface area contributed by atoms with Gasteiger partial charge in [-0.25, -0.2) is 4.98 Å². The number of rotatable bonds is 5. The monoisotopic (exact) mass is 229 g/mol. The third-order valence-electron chi connectivity index (χ3n) is 2.63. The Balaban J connectivity index is 2.05. The van der Waals surface area contributed by atoms with E-state index < -0.39 is 0 Å². The van der Waals surface area contributed by atoms with Crippen LogP contribution in [0.2, 0.25) is 0 Å². The minimum atomic E-state index is 0.709. The van der Waals surface area contributed by atoms with Crippen LogP contribution in [0.4, 0.5) is 5.69 Å². The summed E-state index contributed by atoms with van der Waals surface area (Å²) in [6.45, 7) is 2.83. The van der Waals surface area contributed by atoms with Gasteiger partial charge in [-0.05, 0) is 25.0 Å². The molecule has 2 aromatic rings. The van der Waals surface area contributed by atoms with Gasteiger partial charge in [-0.1, -0.05) is 18.2 Å². The van der Waals surface area contributed by atoms with Gasteiger partial charge in [0.15, 0.2) is 0 Å². The summed E-state index contributed by atoms with van der Waals surface area (Å²) in [6, 6.07) is 7.82. The highest BCUT2D eigenvalue weighted by molar-refractivity contribution is 5.73. The summed E-state index contributed by atoms with van der Waals surface area (Å²) in [5.41, 5.74) is 3.02. The molecule has 1 N–H and O–H groups in total. The maximum atomic E-state index is 10.5. The molecule has 0 spiro atoms. The second-order valence-electron chi connectivity index (χ2n) is 3.92. The zero-order valence-electron chi connectivity index (χ0n) is 9.76. The lowest BCUT2D eigenvalue weighted by Crippen LogP contribution is -2.03. The molecule has 0 fully saturated rings. The van der Waals surface area contributed by atoms with Crippen molar-refractivity contribution in [1.82, 2.24) is 9.55 Å². The Labute approximate surface area is 100 Å². The molecule has 0 aliphatic carbocycles. The molecule has 0 unspecified atom stereocenters. The van der Waals surface area contributed by atoms with Gasteiger partial charge >= 0.3 is 0 Å². The average Bonchev–Trinajstić information content (AvgIpc) is 2.74. The van der Waals surface area contributed by atoms with Crippen molar-refractivity contribution >= 4 is 12.1 Å². The minimum absolute atomic E-state index is 0.709. The molecule has 0 aliphatic heterocycles. The summed E-state index contributed by atoms with van der Waals surface area (Å²) in [5, 5.41) is 2.71. The van der Waals surface area contributed by atoms with Crippen LogP contribution in [-0.4, -0.2) is 16.0 Å². The number of imidazole rings is 1. The van der Waals surface area contributed by atoms with E-state index in [1.54, 1.807) is 0 Å². The van der Waals surface area contributed by atoms with E-state index in [0.717, 1.165) is 29.9 Å². The number of nitrogens with one attached hydrogen (secondary N) is 1. The maximum Gasteiger partial charge on any atom is 0.211 e. The second-order valence-corrected chi connectivity index (χ2v) is 3.92. The maximum absolute atomic E-state index is 10.5. The third kappa shape index (κ3) is 2.93. The van der Waals surface area contributed by atoms with Crippen molar-refractivity contribution in [3.8, 4) is 0 Å². The van der Waals surface area contributed by atoms with E-state index in [4.69, 9.17) is 0 Å². The highest BCUT2D eigenvalue weighted by atomic mass is 16.1. The summed E-state index contributed by atoms with van der Waals surface area (Å²) in [7, 11) is 0. The van der Waals surface area contributed by atoms with Crippen LogP contribution in [0.3, 0.4) is 0 Å². The molecule has 4 nitrogen and oxygen atoms in total. The zero-order chi connectivity index (χ0) is 12.1. The van der Waals surface area contributed by atoms with E-state index in [1.807, 2.05) is 48.3 Å². The fourth-order valence-electron chi connectivity index (χ4n) is 1.79. The Morgan fingerprint density at radius 2 is 2.24 bits per heavy atom. The van der Waals surface area contributed by atoms with Gasteiger partial charge in [0.25, 0.3) is 0 Å². The van der Waals surface area contributed by atoms with Crippen molar-refractivity contribution in [2.45, 2.75) is 19.9 Å². The molecule has 1 aromatic carbocycles. The van der Waals surface area contributed by atoms with Crippen LogP contribution in [0.15, 0.2) is 36.8 Å². The Morgan fingerprint density at radius 3 is 2.94 bits per heavy atom. The third-order valence-corrected chi connectivity index (χ3v) is 2.63. The number of nitrogens with zero attached hydrogens (tertiary/aromatic N) is 2. The standard InChI is InChI=1S/C13H15N3O/c1-11-8-16(9-14-11)7-6-12-4-2-3-5-13(12)15-10-17/h2-5,8-10H,6-7H2,1H3,(H,15,17). The first-order chi connectivity index (χ1) is 8.29. The molecule has 0 saturated heterocycles. The van der Waals surface area contributed by atoms with E-state index in [-0.39, 0.29) is 0 Å². The van der Waals surface area contributed by atoms with Crippen molar-refractivity contribution in [3.05, 3.63) is 48.0 Å². The predicted octanol–water partition coefficient (Wildman–Crippen LogP) is 2.00. The largest absolute Gasteiger partial charge is 0.337 e. The quantitative estimate of drug-likeness (QED) is 0.797.